The van der Waals surface area contributed by atoms with Crippen LogP contribution < -0.4 is 0 Å². The highest BCUT2D eigenvalue weighted by Crippen LogP contribution is 2.10. The van der Waals surface area contributed by atoms with Crippen LogP contribution in [0.3, 0.4) is 0 Å². The average Bonchev–Trinajstić information content (AvgIpc) is 2.07. The molecule has 0 unspecified atom stereocenters. The SMILES string of the molecule is Cc1ccc(C=CCO)cc1F. The smallest absolute Gasteiger partial charge is 0.126 e. The van der Waals surface area contributed by atoms with Crippen LogP contribution >= 0.6 is 0 Å². The first-order chi connectivity index (χ1) is 5.74. The Balaban J connectivity index is 2.89. The zero-order valence-electron chi connectivity index (χ0n) is 6.92. The van der Waals surface area contributed by atoms with Gasteiger partial charge in [-0.25, -0.2) is 4.39 Å². The van der Waals surface area contributed by atoms with Gasteiger partial charge >= 0.3 is 0 Å². The number of hydrogen-bond acceptors (Lipinski definition) is 1. The molecular weight excluding hydrogens is 155 g/mol. The Kier molecular flexibility index (Phi) is 3.00. The second-order valence-corrected chi connectivity index (χ2v) is 2.59. The minimum atomic E-state index is -0.213. The minimum absolute atomic E-state index is 0.0184. The predicted molar refractivity (Wildman–Crippen MR) is 47.3 cm³/mol. The normalized spacial score (nSPS) is 10.9. The van der Waals surface area contributed by atoms with Gasteiger partial charge in [0.2, 0.25) is 0 Å². The van der Waals surface area contributed by atoms with Gasteiger partial charge in [0.25, 0.3) is 0 Å². The van der Waals surface area contributed by atoms with E-state index in [1.165, 1.54) is 6.07 Å². The third-order valence-corrected chi connectivity index (χ3v) is 1.61. The van der Waals surface area contributed by atoms with Gasteiger partial charge in [-0.15, -0.1) is 0 Å². The first-order valence-corrected chi connectivity index (χ1v) is 3.77. The lowest BCUT2D eigenvalue weighted by Gasteiger charge is -1.96. The molecule has 1 rings (SSSR count). The highest BCUT2D eigenvalue weighted by atomic mass is 19.1. The van der Waals surface area contributed by atoms with Crippen LogP contribution in [0.4, 0.5) is 4.39 Å². The predicted octanol–water partition coefficient (Wildman–Crippen LogP) is 2.14. The number of aliphatic hydroxyl groups is 1. The van der Waals surface area contributed by atoms with Crippen molar-refractivity contribution in [3.63, 3.8) is 0 Å². The molecule has 0 aliphatic carbocycles. The summed E-state index contributed by atoms with van der Waals surface area (Å²) in [5.41, 5.74) is 1.41. The van der Waals surface area contributed by atoms with Crippen LogP contribution in [0.1, 0.15) is 11.1 Å². The summed E-state index contributed by atoms with van der Waals surface area (Å²) in [5.74, 6) is -0.213. The summed E-state index contributed by atoms with van der Waals surface area (Å²) < 4.78 is 12.9. The van der Waals surface area contributed by atoms with Crippen LogP contribution in [0.15, 0.2) is 24.3 Å². The molecule has 0 saturated carbocycles. The second kappa shape index (κ2) is 4.02. The molecule has 0 amide bonds. The van der Waals surface area contributed by atoms with E-state index in [1.807, 2.05) is 6.07 Å². The van der Waals surface area contributed by atoms with Gasteiger partial charge < -0.3 is 5.11 Å². The van der Waals surface area contributed by atoms with E-state index in [1.54, 1.807) is 25.1 Å². The number of aryl methyl sites for hydroxylation is 1. The van der Waals surface area contributed by atoms with Crippen LogP contribution in [0, 0.1) is 12.7 Å². The molecule has 0 aliphatic rings. The van der Waals surface area contributed by atoms with Crippen LogP contribution in [0.5, 0.6) is 0 Å². The number of hydrogen-bond donors (Lipinski definition) is 1. The van der Waals surface area contributed by atoms with Gasteiger partial charge in [-0.05, 0) is 24.1 Å². The van der Waals surface area contributed by atoms with Crippen molar-refractivity contribution in [2.24, 2.45) is 0 Å². The van der Waals surface area contributed by atoms with E-state index in [0.29, 0.717) is 5.56 Å². The van der Waals surface area contributed by atoms with Crippen molar-refractivity contribution in [2.75, 3.05) is 6.61 Å². The summed E-state index contributed by atoms with van der Waals surface area (Å²) >= 11 is 0. The molecule has 0 aliphatic heterocycles. The van der Waals surface area contributed by atoms with Crippen LogP contribution in [0.2, 0.25) is 0 Å². The van der Waals surface area contributed by atoms with Crippen molar-refractivity contribution in [2.45, 2.75) is 6.92 Å². The third kappa shape index (κ3) is 2.17. The number of halogens is 1. The maximum Gasteiger partial charge on any atom is 0.126 e. The van der Waals surface area contributed by atoms with Crippen LogP contribution in [-0.2, 0) is 0 Å². The van der Waals surface area contributed by atoms with Crippen molar-refractivity contribution in [1.82, 2.24) is 0 Å². The highest BCUT2D eigenvalue weighted by molar-refractivity contribution is 5.49. The molecule has 0 fully saturated rings. The quantitative estimate of drug-likeness (QED) is 0.713. The fourth-order valence-corrected chi connectivity index (χ4v) is 0.902. The minimum Gasteiger partial charge on any atom is -0.392 e. The van der Waals surface area contributed by atoms with E-state index >= 15 is 0 Å². The van der Waals surface area contributed by atoms with Gasteiger partial charge in [0, 0.05) is 0 Å². The van der Waals surface area contributed by atoms with Crippen molar-refractivity contribution >= 4 is 6.08 Å². The molecule has 0 spiro atoms. The van der Waals surface area contributed by atoms with Crippen LogP contribution in [0.25, 0.3) is 6.08 Å². The molecule has 12 heavy (non-hydrogen) atoms. The summed E-state index contributed by atoms with van der Waals surface area (Å²) in [4.78, 5) is 0. The molecule has 1 nitrogen and oxygen atoms in total. The number of aliphatic hydroxyl groups excluding tert-OH is 1. The van der Waals surface area contributed by atoms with Crippen LogP contribution in [-0.4, -0.2) is 11.7 Å². The standard InChI is InChI=1S/C10H11FO/c1-8-4-5-9(3-2-6-12)7-10(8)11/h2-5,7,12H,6H2,1H3. The molecule has 0 atom stereocenters. The van der Waals surface area contributed by atoms with Gasteiger partial charge in [-0.1, -0.05) is 24.3 Å². The molecule has 0 heterocycles. The number of rotatable bonds is 2. The fourth-order valence-electron chi connectivity index (χ4n) is 0.902. The molecule has 1 aromatic rings. The number of benzene rings is 1. The van der Waals surface area contributed by atoms with Gasteiger partial charge in [0.05, 0.1) is 6.61 Å². The largest absolute Gasteiger partial charge is 0.392 e. The third-order valence-electron chi connectivity index (χ3n) is 1.61. The summed E-state index contributed by atoms with van der Waals surface area (Å²) in [6.45, 7) is 1.70. The van der Waals surface area contributed by atoms with E-state index in [9.17, 15) is 4.39 Å². The molecule has 0 radical (unpaired) electrons. The topological polar surface area (TPSA) is 20.2 Å². The first kappa shape index (κ1) is 8.94. The molecule has 64 valence electrons. The fraction of sp³-hybridized carbons (Fsp3) is 0.200. The highest BCUT2D eigenvalue weighted by Gasteiger charge is 1.95. The van der Waals surface area contributed by atoms with E-state index in [-0.39, 0.29) is 12.4 Å². The summed E-state index contributed by atoms with van der Waals surface area (Å²) in [6, 6.07) is 4.97. The zero-order chi connectivity index (χ0) is 8.97. The van der Waals surface area contributed by atoms with Crippen molar-refractivity contribution in [3.8, 4) is 0 Å². The van der Waals surface area contributed by atoms with Crippen molar-refractivity contribution in [3.05, 3.63) is 41.2 Å². The molecule has 0 bridgehead atoms. The Morgan fingerprint density at radius 2 is 2.25 bits per heavy atom. The van der Waals surface area contributed by atoms with E-state index in [0.717, 1.165) is 5.56 Å². The van der Waals surface area contributed by atoms with E-state index in [4.69, 9.17) is 5.11 Å². The van der Waals surface area contributed by atoms with Gasteiger partial charge in [0.15, 0.2) is 0 Å². The first-order valence-electron chi connectivity index (χ1n) is 3.77. The van der Waals surface area contributed by atoms with E-state index < -0.39 is 0 Å². The molecule has 2 heteroatoms. The summed E-state index contributed by atoms with van der Waals surface area (Å²) in [6.07, 6.45) is 3.26. The Labute approximate surface area is 71.2 Å². The average molecular weight is 166 g/mol. The lowest BCUT2D eigenvalue weighted by Crippen LogP contribution is -1.82. The van der Waals surface area contributed by atoms with Crippen molar-refractivity contribution in [1.29, 1.82) is 0 Å². The maximum absolute atomic E-state index is 12.9. The summed E-state index contributed by atoms with van der Waals surface area (Å²) in [5, 5.41) is 8.47. The zero-order valence-corrected chi connectivity index (χ0v) is 6.92. The monoisotopic (exact) mass is 166 g/mol. The molecule has 0 saturated heterocycles. The van der Waals surface area contributed by atoms with Gasteiger partial charge in [-0.2, -0.15) is 0 Å². The molecule has 1 aromatic carbocycles. The lowest BCUT2D eigenvalue weighted by molar-refractivity contribution is 0.343. The maximum atomic E-state index is 12.9. The molecule has 1 N–H and O–H groups in total. The van der Waals surface area contributed by atoms with Gasteiger partial charge in [-0.3, -0.25) is 0 Å². The Bertz CT molecular complexity index is 292. The molecule has 0 aromatic heterocycles. The van der Waals surface area contributed by atoms with Gasteiger partial charge in [0.1, 0.15) is 5.82 Å². The van der Waals surface area contributed by atoms with E-state index in [2.05, 4.69) is 0 Å². The second-order valence-electron chi connectivity index (χ2n) is 2.59. The summed E-state index contributed by atoms with van der Waals surface area (Å²) in [7, 11) is 0. The molecular formula is C10H11FO. The Hall–Kier alpha value is -1.15. The van der Waals surface area contributed by atoms with Crippen molar-refractivity contribution < 1.29 is 9.50 Å². The Morgan fingerprint density at radius 1 is 1.50 bits per heavy atom. The Morgan fingerprint density at radius 3 is 2.83 bits per heavy atom. The lowest BCUT2D eigenvalue weighted by atomic mass is 10.1.